The molecule has 0 aliphatic carbocycles. The van der Waals surface area contributed by atoms with E-state index in [1.165, 1.54) is 4.57 Å². The minimum atomic E-state index is -0.324. The number of piperidine rings is 1. The Morgan fingerprint density at radius 2 is 1.93 bits per heavy atom. The molecule has 0 unspecified atom stereocenters. The van der Waals surface area contributed by atoms with Crippen molar-refractivity contribution in [3.05, 3.63) is 64.7 Å². The van der Waals surface area contributed by atoms with E-state index in [0.29, 0.717) is 18.8 Å². The van der Waals surface area contributed by atoms with Gasteiger partial charge >= 0.3 is 5.97 Å². The lowest BCUT2D eigenvalue weighted by Crippen LogP contribution is -2.56. The number of rotatable bonds is 3. The summed E-state index contributed by atoms with van der Waals surface area (Å²) in [6.07, 6.45) is 4.90. The molecule has 150 valence electrons. The predicted octanol–water partition coefficient (Wildman–Crippen LogP) is 2.01. The topological polar surface area (TPSA) is 74.5 Å². The second kappa shape index (κ2) is 7.17. The molecule has 0 spiro atoms. The number of morpholine rings is 1. The van der Waals surface area contributed by atoms with Crippen molar-refractivity contribution in [1.29, 1.82) is 0 Å². The fourth-order valence-electron chi connectivity index (χ4n) is 4.34. The number of hydrogen-bond acceptors (Lipinski definition) is 5. The minimum absolute atomic E-state index is 0.104. The molecule has 5 rings (SSSR count). The molecule has 0 amide bonds. The first-order valence-electron chi connectivity index (χ1n) is 9.90. The number of carbonyl (C=O) groups excluding carboxylic acids is 1. The lowest BCUT2D eigenvalue weighted by molar-refractivity contribution is -0.0339. The Morgan fingerprint density at radius 1 is 1.17 bits per heavy atom. The maximum Gasteiger partial charge on any atom is 0.340 e. The molecule has 7 nitrogen and oxygen atoms in total. The summed E-state index contributed by atoms with van der Waals surface area (Å²) in [6, 6.07) is 11.6. The van der Waals surface area contributed by atoms with Crippen LogP contribution in [-0.2, 0) is 16.5 Å². The van der Waals surface area contributed by atoms with Crippen LogP contribution in [0.5, 0.6) is 0 Å². The summed E-state index contributed by atoms with van der Waals surface area (Å²) >= 11 is 0. The van der Waals surface area contributed by atoms with Crippen LogP contribution in [0.1, 0.15) is 23.2 Å². The molecule has 2 saturated heterocycles. The van der Waals surface area contributed by atoms with Gasteiger partial charge in [0.15, 0.2) is 0 Å². The number of benzene rings is 1. The molecule has 3 aromatic rings. The van der Waals surface area contributed by atoms with Crippen molar-refractivity contribution in [2.24, 2.45) is 7.05 Å². The van der Waals surface area contributed by atoms with E-state index < -0.39 is 0 Å². The van der Waals surface area contributed by atoms with Crippen LogP contribution in [0.3, 0.4) is 0 Å². The molecule has 2 aliphatic rings. The highest BCUT2D eigenvalue weighted by Crippen LogP contribution is 2.27. The van der Waals surface area contributed by atoms with Crippen molar-refractivity contribution in [2.75, 3.05) is 13.2 Å². The van der Waals surface area contributed by atoms with E-state index in [9.17, 15) is 9.59 Å². The Labute approximate surface area is 167 Å². The van der Waals surface area contributed by atoms with Gasteiger partial charge in [0.25, 0.3) is 5.56 Å². The van der Waals surface area contributed by atoms with E-state index in [1.807, 2.05) is 34.9 Å². The van der Waals surface area contributed by atoms with Crippen molar-refractivity contribution in [2.45, 2.75) is 31.0 Å². The summed E-state index contributed by atoms with van der Waals surface area (Å²) in [5, 5.41) is 4.32. The summed E-state index contributed by atoms with van der Waals surface area (Å²) in [6.45, 7) is 1.32. The highest BCUT2D eigenvalue weighted by atomic mass is 16.5. The van der Waals surface area contributed by atoms with Crippen LogP contribution in [0, 0.1) is 0 Å². The molecule has 7 heteroatoms. The van der Waals surface area contributed by atoms with Crippen LogP contribution in [0.4, 0.5) is 0 Å². The second-order valence-corrected chi connectivity index (χ2v) is 7.86. The first-order valence-corrected chi connectivity index (χ1v) is 9.90. The number of hydrogen-bond donors (Lipinski definition) is 1. The largest absolute Gasteiger partial charge is 0.459 e. The van der Waals surface area contributed by atoms with E-state index in [4.69, 9.17) is 9.47 Å². The zero-order valence-electron chi connectivity index (χ0n) is 16.2. The molecule has 3 atom stereocenters. The van der Waals surface area contributed by atoms with Gasteiger partial charge in [0, 0.05) is 55.8 Å². The average Bonchev–Trinajstić information content (AvgIpc) is 3.10. The quantitative estimate of drug-likeness (QED) is 0.689. The number of nitrogens with zero attached hydrogens (tertiary/aromatic N) is 2. The summed E-state index contributed by atoms with van der Waals surface area (Å²) in [5.74, 6) is -0.324. The number of ether oxygens (including phenoxy) is 2. The fraction of sp³-hybridized carbons (Fsp3) is 0.364. The van der Waals surface area contributed by atoms with Gasteiger partial charge in [0.05, 0.1) is 30.0 Å². The molecular formula is C22H23N3O4. The Morgan fingerprint density at radius 3 is 2.69 bits per heavy atom. The Kier molecular flexibility index (Phi) is 4.49. The highest BCUT2D eigenvalue weighted by Gasteiger charge is 2.34. The van der Waals surface area contributed by atoms with Crippen molar-refractivity contribution in [3.63, 3.8) is 0 Å². The van der Waals surface area contributed by atoms with Gasteiger partial charge in [-0.1, -0.05) is 18.2 Å². The molecule has 2 aromatic heterocycles. The van der Waals surface area contributed by atoms with E-state index >= 15 is 0 Å². The van der Waals surface area contributed by atoms with Gasteiger partial charge in [-0.3, -0.25) is 4.79 Å². The van der Waals surface area contributed by atoms with Crippen LogP contribution in [-0.4, -0.2) is 46.5 Å². The number of nitrogens with one attached hydrogen (secondary N) is 1. The number of carbonyl (C=O) groups is 1. The third kappa shape index (κ3) is 3.36. The van der Waals surface area contributed by atoms with Crippen LogP contribution >= 0.6 is 0 Å². The number of aromatic nitrogens is 2. The molecule has 1 N–H and O–H groups in total. The van der Waals surface area contributed by atoms with Gasteiger partial charge in [-0.05, 0) is 12.1 Å². The van der Waals surface area contributed by atoms with Gasteiger partial charge in [0.2, 0.25) is 0 Å². The van der Waals surface area contributed by atoms with Gasteiger partial charge in [-0.25, -0.2) is 4.79 Å². The minimum Gasteiger partial charge on any atom is -0.459 e. The van der Waals surface area contributed by atoms with Crippen molar-refractivity contribution in [1.82, 2.24) is 14.5 Å². The highest BCUT2D eigenvalue weighted by molar-refractivity contribution is 6.05. The first kappa shape index (κ1) is 18.1. The summed E-state index contributed by atoms with van der Waals surface area (Å²) < 4.78 is 14.9. The molecule has 2 fully saturated rings. The normalized spacial score (nSPS) is 23.8. The molecule has 29 heavy (non-hydrogen) atoms. The number of esters is 1. The van der Waals surface area contributed by atoms with Gasteiger partial charge in [0.1, 0.15) is 6.10 Å². The third-order valence-corrected chi connectivity index (χ3v) is 5.78. The van der Waals surface area contributed by atoms with Crippen molar-refractivity contribution >= 4 is 16.9 Å². The van der Waals surface area contributed by atoms with Crippen LogP contribution in [0.15, 0.2) is 53.6 Å². The van der Waals surface area contributed by atoms with Crippen molar-refractivity contribution < 1.29 is 14.3 Å². The molecule has 4 heterocycles. The smallest absolute Gasteiger partial charge is 0.340 e. The van der Waals surface area contributed by atoms with Gasteiger partial charge < -0.3 is 23.9 Å². The van der Waals surface area contributed by atoms with Gasteiger partial charge in [-0.15, -0.1) is 0 Å². The van der Waals surface area contributed by atoms with Crippen LogP contribution < -0.4 is 10.9 Å². The Hall–Kier alpha value is -2.90. The van der Waals surface area contributed by atoms with E-state index in [-0.39, 0.29) is 29.7 Å². The van der Waals surface area contributed by atoms with Gasteiger partial charge in [-0.2, -0.15) is 0 Å². The van der Waals surface area contributed by atoms with E-state index in [0.717, 1.165) is 29.4 Å². The maximum atomic E-state index is 13.1. The Bertz CT molecular complexity index is 1120. The monoisotopic (exact) mass is 393 g/mol. The SMILES string of the molecule is Cn1ccc(-n2cc(C(=O)O[C@H]3C[C@H]4COC[C@@H](C3)N4)c3ccccc32)cc1=O. The predicted molar refractivity (Wildman–Crippen MR) is 108 cm³/mol. The standard InChI is InChI=1S/C22H23N3O4/c1-24-7-6-16(10-21(24)26)25-11-19(18-4-2-3-5-20(18)25)22(27)29-17-8-14-12-28-13-15(9-17)23-14/h2-7,10-11,14-15,17,23H,8-9,12-13H2,1H3/t14-,15+,17-. The molecular weight excluding hydrogens is 370 g/mol. The van der Waals surface area contributed by atoms with Crippen LogP contribution in [0.2, 0.25) is 0 Å². The lowest BCUT2D eigenvalue weighted by Gasteiger charge is -2.39. The third-order valence-electron chi connectivity index (χ3n) is 5.78. The molecule has 0 saturated carbocycles. The number of aryl methyl sites for hydroxylation is 1. The average molecular weight is 393 g/mol. The molecule has 2 bridgehead atoms. The van der Waals surface area contributed by atoms with E-state index in [2.05, 4.69) is 5.32 Å². The van der Waals surface area contributed by atoms with Crippen LogP contribution in [0.25, 0.3) is 16.6 Å². The zero-order valence-corrected chi connectivity index (χ0v) is 16.2. The molecule has 1 aromatic carbocycles. The number of pyridine rings is 1. The zero-order chi connectivity index (χ0) is 20.0. The number of para-hydroxylation sites is 1. The summed E-state index contributed by atoms with van der Waals surface area (Å²) in [5.41, 5.74) is 1.99. The fourth-order valence-corrected chi connectivity index (χ4v) is 4.34. The lowest BCUT2D eigenvalue weighted by atomic mass is 9.94. The summed E-state index contributed by atoms with van der Waals surface area (Å²) in [7, 11) is 1.71. The molecule has 2 aliphatic heterocycles. The number of fused-ring (bicyclic) bond motifs is 3. The first-order chi connectivity index (χ1) is 14.1. The van der Waals surface area contributed by atoms with E-state index in [1.54, 1.807) is 25.5 Å². The molecule has 0 radical (unpaired) electrons. The summed E-state index contributed by atoms with van der Waals surface area (Å²) in [4.78, 5) is 25.1. The van der Waals surface area contributed by atoms with Crippen molar-refractivity contribution in [3.8, 4) is 5.69 Å². The second-order valence-electron chi connectivity index (χ2n) is 7.86. The Balaban J connectivity index is 1.48. The maximum absolute atomic E-state index is 13.1.